The smallest absolute Gasteiger partial charge is 0.242 e. The van der Waals surface area contributed by atoms with Crippen LogP contribution in [-0.2, 0) is 20.7 Å². The summed E-state index contributed by atoms with van der Waals surface area (Å²) < 4.78 is 22.6. The predicted octanol–water partition coefficient (Wildman–Crippen LogP) is 3.24. The molecule has 1 aliphatic carbocycles. The number of benzene rings is 1. The van der Waals surface area contributed by atoms with Crippen LogP contribution in [0.15, 0.2) is 29.1 Å². The Kier molecular flexibility index (Phi) is 12.8. The molecule has 4 rings (SSSR count). The van der Waals surface area contributed by atoms with Crippen LogP contribution in [0.1, 0.15) is 43.4 Å². The van der Waals surface area contributed by atoms with Gasteiger partial charge in [0.2, 0.25) is 23.0 Å². The third-order valence-electron chi connectivity index (χ3n) is 8.23. The number of amides is 2. The molecule has 3 N–H and O–H groups in total. The van der Waals surface area contributed by atoms with Crippen LogP contribution >= 0.6 is 11.8 Å². The number of nitrogens with one attached hydrogen (secondary N) is 3. The van der Waals surface area contributed by atoms with Gasteiger partial charge in [-0.3, -0.25) is 19.3 Å². The van der Waals surface area contributed by atoms with Crippen molar-refractivity contribution in [2.24, 2.45) is 0 Å². The molecule has 246 valence electrons. The molecular weight excluding hydrogens is 596 g/mol. The number of carbonyl (C=O) groups excluding carboxylic acids is 2. The van der Waals surface area contributed by atoms with E-state index in [0.717, 1.165) is 61.7 Å². The van der Waals surface area contributed by atoms with Crippen molar-refractivity contribution in [1.29, 1.82) is 0 Å². The molecule has 0 saturated carbocycles. The third kappa shape index (κ3) is 8.62. The maximum Gasteiger partial charge on any atom is 0.242 e. The molecule has 2 aliphatic rings. The molecule has 1 heterocycles. The number of rotatable bonds is 14. The molecule has 45 heavy (non-hydrogen) atoms. The van der Waals surface area contributed by atoms with Crippen LogP contribution in [0.2, 0.25) is 0 Å². The molecule has 0 bridgehead atoms. The molecule has 1 fully saturated rings. The van der Waals surface area contributed by atoms with Gasteiger partial charge in [-0.2, -0.15) is 11.8 Å². The van der Waals surface area contributed by atoms with Gasteiger partial charge in [0.25, 0.3) is 0 Å². The molecule has 2 aromatic rings. The first-order valence-corrected chi connectivity index (χ1v) is 16.8. The summed E-state index contributed by atoms with van der Waals surface area (Å²) in [6, 6.07) is 6.06. The third-order valence-corrected chi connectivity index (χ3v) is 8.87. The SMILES string of the molecule is COc1cc2c(c(OC)c1OC)-c1ccc(N[C@@H](CCSC)C(=O)NCCCN3CCOCC3)c(=O)cc1[C@@H](NC(C)=O)CC2. The summed E-state index contributed by atoms with van der Waals surface area (Å²) in [7, 11) is 4.69. The van der Waals surface area contributed by atoms with Gasteiger partial charge in [0.05, 0.1) is 46.3 Å². The fourth-order valence-corrected chi connectivity index (χ4v) is 6.45. The fourth-order valence-electron chi connectivity index (χ4n) is 5.98. The highest BCUT2D eigenvalue weighted by Crippen LogP contribution is 2.50. The van der Waals surface area contributed by atoms with E-state index in [9.17, 15) is 14.4 Å². The quantitative estimate of drug-likeness (QED) is 0.265. The Morgan fingerprint density at radius 3 is 2.51 bits per heavy atom. The molecular formula is C33H46N4O7S. The van der Waals surface area contributed by atoms with Crippen LogP contribution in [0.5, 0.6) is 17.2 Å². The van der Waals surface area contributed by atoms with Gasteiger partial charge in [-0.25, -0.2) is 0 Å². The topological polar surface area (TPSA) is 127 Å². The molecule has 2 aromatic carbocycles. The lowest BCUT2D eigenvalue weighted by Gasteiger charge is -2.26. The van der Waals surface area contributed by atoms with Gasteiger partial charge in [-0.1, -0.05) is 6.07 Å². The van der Waals surface area contributed by atoms with Crippen molar-refractivity contribution in [2.45, 2.75) is 44.7 Å². The second-order valence-electron chi connectivity index (χ2n) is 11.2. The second kappa shape index (κ2) is 16.7. The summed E-state index contributed by atoms with van der Waals surface area (Å²) in [5.41, 5.74) is 3.15. The Morgan fingerprint density at radius 2 is 1.84 bits per heavy atom. The summed E-state index contributed by atoms with van der Waals surface area (Å²) in [4.78, 5) is 41.7. The Morgan fingerprint density at radius 1 is 1.09 bits per heavy atom. The number of nitrogens with zero attached hydrogens (tertiary/aromatic N) is 1. The predicted molar refractivity (Wildman–Crippen MR) is 178 cm³/mol. The molecule has 11 nitrogen and oxygen atoms in total. The van der Waals surface area contributed by atoms with Gasteiger partial charge in [0, 0.05) is 32.1 Å². The summed E-state index contributed by atoms with van der Waals surface area (Å²) in [6.45, 7) is 6.22. The first kappa shape index (κ1) is 34.4. The number of methoxy groups -OCH3 is 3. The standard InChI is InChI=1S/C33H46N4O7S/c1-21(38)35-25-9-7-22-19-29(41-2)31(42-3)32(43-4)30(22)23-8-10-26(28(39)20-24(23)25)36-27(11-18-45-5)33(40)34-12-6-13-37-14-16-44-17-15-37/h8,10,19-20,25,27H,6-7,9,11-18H2,1-5H3,(H,34,40)(H,35,38)(H,36,39)/t25-,27-/m0/s1. The number of hydrogen-bond acceptors (Lipinski definition) is 10. The van der Waals surface area contributed by atoms with E-state index < -0.39 is 12.1 Å². The van der Waals surface area contributed by atoms with E-state index in [0.29, 0.717) is 54.3 Å². The zero-order valence-electron chi connectivity index (χ0n) is 27.0. The summed E-state index contributed by atoms with van der Waals surface area (Å²) in [6.07, 6.45) is 4.55. The van der Waals surface area contributed by atoms with E-state index in [2.05, 4.69) is 20.9 Å². The molecule has 0 unspecified atom stereocenters. The zero-order chi connectivity index (χ0) is 32.3. The van der Waals surface area contributed by atoms with Crippen LogP contribution < -0.4 is 35.6 Å². The minimum Gasteiger partial charge on any atom is -0.493 e. The molecule has 1 saturated heterocycles. The van der Waals surface area contributed by atoms with E-state index in [1.807, 2.05) is 18.4 Å². The molecule has 12 heteroatoms. The van der Waals surface area contributed by atoms with Crippen LogP contribution in [0.4, 0.5) is 5.69 Å². The normalized spacial score (nSPS) is 16.8. The molecule has 0 radical (unpaired) electrons. The van der Waals surface area contributed by atoms with Gasteiger partial charge >= 0.3 is 0 Å². The number of aryl methyl sites for hydroxylation is 1. The van der Waals surface area contributed by atoms with Crippen LogP contribution in [-0.4, -0.2) is 95.5 Å². The molecule has 0 aromatic heterocycles. The first-order valence-electron chi connectivity index (χ1n) is 15.4. The van der Waals surface area contributed by atoms with Crippen molar-refractivity contribution >= 4 is 29.3 Å². The van der Waals surface area contributed by atoms with Crippen molar-refractivity contribution in [3.05, 3.63) is 45.6 Å². The number of fused-ring (bicyclic) bond motifs is 3. The number of thioether (sulfide) groups is 1. The average Bonchev–Trinajstić information content (AvgIpc) is 3.28. The second-order valence-corrected chi connectivity index (χ2v) is 12.2. The maximum atomic E-state index is 13.8. The lowest BCUT2D eigenvalue weighted by Crippen LogP contribution is -2.42. The van der Waals surface area contributed by atoms with E-state index in [1.165, 1.54) is 6.92 Å². The van der Waals surface area contributed by atoms with Crippen LogP contribution in [0.25, 0.3) is 11.1 Å². The van der Waals surface area contributed by atoms with E-state index in [1.54, 1.807) is 45.2 Å². The monoisotopic (exact) mass is 642 g/mol. The van der Waals surface area contributed by atoms with Crippen molar-refractivity contribution < 1.29 is 28.5 Å². The zero-order valence-corrected chi connectivity index (χ0v) is 27.8. The van der Waals surface area contributed by atoms with Gasteiger partial charge in [0.1, 0.15) is 6.04 Å². The summed E-state index contributed by atoms with van der Waals surface area (Å²) in [5.74, 6) is 1.88. The van der Waals surface area contributed by atoms with Crippen molar-refractivity contribution in [2.75, 3.05) is 78.0 Å². The minimum atomic E-state index is -0.590. The van der Waals surface area contributed by atoms with Crippen molar-refractivity contribution in [1.82, 2.24) is 15.5 Å². The van der Waals surface area contributed by atoms with Gasteiger partial charge in [-0.15, -0.1) is 0 Å². The van der Waals surface area contributed by atoms with E-state index in [-0.39, 0.29) is 17.2 Å². The highest BCUT2D eigenvalue weighted by molar-refractivity contribution is 7.98. The largest absolute Gasteiger partial charge is 0.493 e. The first-order chi connectivity index (χ1) is 21.8. The number of carbonyl (C=O) groups is 2. The maximum absolute atomic E-state index is 13.8. The lowest BCUT2D eigenvalue weighted by molar-refractivity contribution is -0.122. The number of hydrogen-bond donors (Lipinski definition) is 3. The number of morpholine rings is 1. The van der Waals surface area contributed by atoms with Gasteiger partial charge in [-0.05, 0) is 79.1 Å². The highest BCUT2D eigenvalue weighted by Gasteiger charge is 2.30. The Hall–Kier alpha value is -3.48. The van der Waals surface area contributed by atoms with Gasteiger partial charge < -0.3 is 34.9 Å². The fraction of sp³-hybridized carbons (Fsp3) is 0.545. The Balaban J connectivity index is 1.68. The Labute approximate surface area is 269 Å². The number of ether oxygens (including phenoxy) is 4. The van der Waals surface area contributed by atoms with E-state index in [4.69, 9.17) is 18.9 Å². The van der Waals surface area contributed by atoms with E-state index >= 15 is 0 Å². The molecule has 2 atom stereocenters. The van der Waals surface area contributed by atoms with Gasteiger partial charge in [0.15, 0.2) is 11.5 Å². The number of anilines is 1. The average molecular weight is 643 g/mol. The minimum absolute atomic E-state index is 0.140. The molecule has 1 aliphatic heterocycles. The lowest BCUT2D eigenvalue weighted by atomic mass is 9.95. The highest BCUT2D eigenvalue weighted by atomic mass is 32.2. The summed E-state index contributed by atoms with van der Waals surface area (Å²) >= 11 is 1.65. The van der Waals surface area contributed by atoms with Crippen molar-refractivity contribution in [3.8, 4) is 28.4 Å². The van der Waals surface area contributed by atoms with Crippen LogP contribution in [0, 0.1) is 0 Å². The van der Waals surface area contributed by atoms with Crippen molar-refractivity contribution in [3.63, 3.8) is 0 Å². The Bertz CT molecular complexity index is 1400. The van der Waals surface area contributed by atoms with Crippen LogP contribution in [0.3, 0.4) is 0 Å². The summed E-state index contributed by atoms with van der Waals surface area (Å²) in [5, 5.41) is 9.34. The molecule has 0 spiro atoms. The molecule has 2 amide bonds.